The van der Waals surface area contributed by atoms with E-state index in [0.29, 0.717) is 16.8 Å². The Hall–Kier alpha value is -2.40. The second kappa shape index (κ2) is 6.58. The molecule has 4 nitrogen and oxygen atoms in total. The zero-order valence-corrected chi connectivity index (χ0v) is 12.7. The number of esters is 1. The normalized spacial score (nSPS) is 10.2. The highest BCUT2D eigenvalue weighted by Gasteiger charge is 2.16. The van der Waals surface area contributed by atoms with E-state index in [4.69, 9.17) is 11.6 Å². The van der Waals surface area contributed by atoms with Crippen LogP contribution in [-0.4, -0.2) is 19.0 Å². The van der Waals surface area contributed by atoms with E-state index in [2.05, 4.69) is 10.1 Å². The lowest BCUT2D eigenvalue weighted by Gasteiger charge is -2.11. The van der Waals surface area contributed by atoms with Crippen molar-refractivity contribution in [1.82, 2.24) is 0 Å². The molecule has 0 aliphatic heterocycles. The van der Waals surface area contributed by atoms with Crippen LogP contribution in [0, 0.1) is 12.7 Å². The fraction of sp³-hybridized carbons (Fsp3) is 0.125. The van der Waals surface area contributed by atoms with Crippen LogP contribution in [-0.2, 0) is 4.74 Å². The third kappa shape index (κ3) is 3.26. The lowest BCUT2D eigenvalue weighted by Crippen LogP contribution is -2.15. The van der Waals surface area contributed by atoms with Crippen LogP contribution in [0.5, 0.6) is 0 Å². The van der Waals surface area contributed by atoms with E-state index in [-0.39, 0.29) is 10.6 Å². The molecule has 1 amide bonds. The van der Waals surface area contributed by atoms with Gasteiger partial charge >= 0.3 is 5.97 Å². The van der Waals surface area contributed by atoms with E-state index in [1.165, 1.54) is 19.2 Å². The molecule has 22 heavy (non-hydrogen) atoms. The summed E-state index contributed by atoms with van der Waals surface area (Å²) in [5.41, 5.74) is 1.14. The Labute approximate surface area is 131 Å². The Balaban J connectivity index is 2.31. The molecule has 2 aromatic carbocycles. The molecular formula is C16H13ClFNO3. The molecule has 0 aromatic heterocycles. The molecule has 0 saturated carbocycles. The Morgan fingerprint density at radius 3 is 2.55 bits per heavy atom. The second-order valence-corrected chi connectivity index (χ2v) is 4.98. The molecule has 0 aliphatic rings. The lowest BCUT2D eigenvalue weighted by atomic mass is 10.1. The van der Waals surface area contributed by atoms with E-state index in [0.717, 1.165) is 6.07 Å². The Bertz CT molecular complexity index is 746. The summed E-state index contributed by atoms with van der Waals surface area (Å²) in [7, 11) is 1.27. The number of rotatable bonds is 3. The fourth-order valence-electron chi connectivity index (χ4n) is 1.97. The molecule has 0 spiro atoms. The number of anilines is 1. The molecule has 0 bridgehead atoms. The monoisotopic (exact) mass is 321 g/mol. The largest absolute Gasteiger partial charge is 0.465 e. The molecule has 0 fully saturated rings. The van der Waals surface area contributed by atoms with Gasteiger partial charge in [-0.05, 0) is 42.8 Å². The van der Waals surface area contributed by atoms with Crippen LogP contribution in [0.4, 0.5) is 10.1 Å². The van der Waals surface area contributed by atoms with Crippen LogP contribution in [0.3, 0.4) is 0 Å². The molecule has 0 atom stereocenters. The SMILES string of the molecule is COC(=O)c1cccc(NC(=O)c2ccc(Cl)cc2F)c1C. The van der Waals surface area contributed by atoms with Crippen molar-refractivity contribution in [3.05, 3.63) is 63.9 Å². The maximum absolute atomic E-state index is 13.7. The minimum atomic E-state index is -0.716. The zero-order chi connectivity index (χ0) is 16.3. The molecule has 0 radical (unpaired) electrons. The van der Waals surface area contributed by atoms with Crippen LogP contribution in [0.2, 0.25) is 5.02 Å². The highest BCUT2D eigenvalue weighted by Crippen LogP contribution is 2.21. The number of ether oxygens (including phenoxy) is 1. The van der Waals surface area contributed by atoms with Gasteiger partial charge < -0.3 is 10.1 Å². The van der Waals surface area contributed by atoms with E-state index in [9.17, 15) is 14.0 Å². The second-order valence-electron chi connectivity index (χ2n) is 4.55. The van der Waals surface area contributed by atoms with Gasteiger partial charge in [-0.1, -0.05) is 17.7 Å². The van der Waals surface area contributed by atoms with Gasteiger partial charge in [0.25, 0.3) is 5.91 Å². The summed E-state index contributed by atoms with van der Waals surface area (Å²) in [6, 6.07) is 8.60. The standard InChI is InChI=1S/C16H13ClFNO3/c1-9-11(16(21)22-2)4-3-5-14(9)19-15(20)12-7-6-10(17)8-13(12)18/h3-8H,1-2H3,(H,19,20). The van der Waals surface area contributed by atoms with Gasteiger partial charge in [-0.3, -0.25) is 4.79 Å². The van der Waals surface area contributed by atoms with E-state index >= 15 is 0 Å². The lowest BCUT2D eigenvalue weighted by molar-refractivity contribution is 0.0599. The summed E-state index contributed by atoms with van der Waals surface area (Å²) < 4.78 is 18.4. The van der Waals surface area contributed by atoms with Crippen molar-refractivity contribution in [3.63, 3.8) is 0 Å². The highest BCUT2D eigenvalue weighted by atomic mass is 35.5. The fourth-order valence-corrected chi connectivity index (χ4v) is 2.12. The molecule has 6 heteroatoms. The zero-order valence-electron chi connectivity index (χ0n) is 11.9. The van der Waals surface area contributed by atoms with Crippen LogP contribution in [0.25, 0.3) is 0 Å². The van der Waals surface area contributed by atoms with Crippen molar-refractivity contribution in [2.75, 3.05) is 12.4 Å². The molecule has 2 aromatic rings. The van der Waals surface area contributed by atoms with Gasteiger partial charge in [-0.25, -0.2) is 9.18 Å². The maximum atomic E-state index is 13.7. The average molecular weight is 322 g/mol. The van der Waals surface area contributed by atoms with Crippen molar-refractivity contribution in [3.8, 4) is 0 Å². The molecule has 2 rings (SSSR count). The van der Waals surface area contributed by atoms with Gasteiger partial charge in [0.05, 0.1) is 18.2 Å². The summed E-state index contributed by atoms with van der Waals surface area (Å²) in [5.74, 6) is -1.85. The highest BCUT2D eigenvalue weighted by molar-refractivity contribution is 6.30. The molecular weight excluding hydrogens is 309 g/mol. The first kappa shape index (κ1) is 16.0. The number of carbonyl (C=O) groups excluding carboxylic acids is 2. The first-order chi connectivity index (χ1) is 10.4. The molecule has 0 aliphatic carbocycles. The van der Waals surface area contributed by atoms with Crippen molar-refractivity contribution >= 4 is 29.2 Å². The number of amides is 1. The number of nitrogens with one attached hydrogen (secondary N) is 1. The third-order valence-corrected chi connectivity index (χ3v) is 3.40. The predicted molar refractivity (Wildman–Crippen MR) is 81.9 cm³/mol. The summed E-state index contributed by atoms with van der Waals surface area (Å²) in [4.78, 5) is 23.8. The van der Waals surface area contributed by atoms with E-state index in [1.54, 1.807) is 25.1 Å². The first-order valence-electron chi connectivity index (χ1n) is 6.38. The summed E-state index contributed by atoms with van der Waals surface area (Å²) in [5, 5.41) is 2.78. The smallest absolute Gasteiger partial charge is 0.338 e. The van der Waals surface area contributed by atoms with E-state index in [1.807, 2.05) is 0 Å². The number of halogens is 2. The number of methoxy groups -OCH3 is 1. The van der Waals surface area contributed by atoms with Crippen molar-refractivity contribution in [1.29, 1.82) is 0 Å². The van der Waals surface area contributed by atoms with Crippen LogP contribution >= 0.6 is 11.6 Å². The van der Waals surface area contributed by atoms with Gasteiger partial charge in [0, 0.05) is 10.7 Å². The molecule has 0 heterocycles. The van der Waals surface area contributed by atoms with Gasteiger partial charge in [0.15, 0.2) is 0 Å². The van der Waals surface area contributed by atoms with Crippen molar-refractivity contribution < 1.29 is 18.7 Å². The first-order valence-corrected chi connectivity index (χ1v) is 6.76. The van der Waals surface area contributed by atoms with Crippen molar-refractivity contribution in [2.45, 2.75) is 6.92 Å². The number of hydrogen-bond donors (Lipinski definition) is 1. The van der Waals surface area contributed by atoms with Crippen LogP contribution in [0.1, 0.15) is 26.3 Å². The average Bonchev–Trinajstić information content (AvgIpc) is 2.48. The van der Waals surface area contributed by atoms with Gasteiger partial charge in [0.1, 0.15) is 5.82 Å². The van der Waals surface area contributed by atoms with Crippen LogP contribution in [0.15, 0.2) is 36.4 Å². The molecule has 1 N–H and O–H groups in total. The minimum Gasteiger partial charge on any atom is -0.465 e. The summed E-state index contributed by atoms with van der Waals surface area (Å²) in [6.45, 7) is 1.67. The van der Waals surface area contributed by atoms with Gasteiger partial charge in [0.2, 0.25) is 0 Å². The summed E-state index contributed by atoms with van der Waals surface area (Å²) >= 11 is 5.66. The van der Waals surface area contributed by atoms with Gasteiger partial charge in [-0.15, -0.1) is 0 Å². The Morgan fingerprint density at radius 1 is 1.18 bits per heavy atom. The number of benzene rings is 2. The van der Waals surface area contributed by atoms with Crippen molar-refractivity contribution in [2.24, 2.45) is 0 Å². The summed E-state index contributed by atoms with van der Waals surface area (Å²) in [6.07, 6.45) is 0. The predicted octanol–water partition coefficient (Wildman–Crippen LogP) is 3.83. The Morgan fingerprint density at radius 2 is 1.91 bits per heavy atom. The molecule has 0 unspecified atom stereocenters. The van der Waals surface area contributed by atoms with Crippen LogP contribution < -0.4 is 5.32 Å². The third-order valence-electron chi connectivity index (χ3n) is 3.16. The number of carbonyl (C=O) groups is 2. The topological polar surface area (TPSA) is 55.4 Å². The maximum Gasteiger partial charge on any atom is 0.338 e. The van der Waals surface area contributed by atoms with Gasteiger partial charge in [-0.2, -0.15) is 0 Å². The Kier molecular flexibility index (Phi) is 4.78. The number of hydrogen-bond acceptors (Lipinski definition) is 3. The quantitative estimate of drug-likeness (QED) is 0.874. The molecule has 0 saturated heterocycles. The molecule has 114 valence electrons. The minimum absolute atomic E-state index is 0.132. The van der Waals surface area contributed by atoms with E-state index < -0.39 is 17.7 Å².